The minimum Gasteiger partial charge on any atom is -0.325 e. The van der Waals surface area contributed by atoms with Crippen LogP contribution in [0.1, 0.15) is 38.6 Å². The number of carbonyl (C=O) groups excluding carboxylic acids is 1. The highest BCUT2D eigenvalue weighted by Crippen LogP contribution is 2.29. The van der Waals surface area contributed by atoms with Gasteiger partial charge < -0.3 is 9.47 Å². The summed E-state index contributed by atoms with van der Waals surface area (Å²) in [6.45, 7) is 0.490. The minimum absolute atomic E-state index is 0.0369. The van der Waals surface area contributed by atoms with Crippen LogP contribution in [0.25, 0.3) is 10.9 Å². The molecule has 7 nitrogen and oxygen atoms in total. The number of hydrogen-bond acceptors (Lipinski definition) is 5. The van der Waals surface area contributed by atoms with Crippen LogP contribution in [0.4, 0.5) is 13.2 Å². The number of nitriles is 1. The first kappa shape index (κ1) is 25.6. The van der Waals surface area contributed by atoms with Crippen molar-refractivity contribution in [3.05, 3.63) is 125 Å². The Morgan fingerprint density at radius 2 is 1.62 bits per heavy atom. The van der Waals surface area contributed by atoms with Crippen molar-refractivity contribution in [1.29, 1.82) is 5.26 Å². The van der Waals surface area contributed by atoms with Gasteiger partial charge in [-0.2, -0.15) is 18.4 Å². The first-order valence-corrected chi connectivity index (χ1v) is 12.0. The van der Waals surface area contributed by atoms with E-state index >= 15 is 0 Å². The Balaban J connectivity index is 1.44. The molecule has 0 N–H and O–H groups in total. The van der Waals surface area contributed by atoms with Gasteiger partial charge in [0.25, 0.3) is 5.91 Å². The lowest BCUT2D eigenvalue weighted by molar-refractivity contribution is -0.137. The normalized spacial score (nSPS) is 11.3. The van der Waals surface area contributed by atoms with E-state index < -0.39 is 17.6 Å². The Hall–Kier alpha value is -5.04. The lowest BCUT2D eigenvalue weighted by Gasteiger charge is -2.23. The maximum atomic E-state index is 13.7. The SMILES string of the molecule is N#Cc1ccc(Cn2cnnc2CN(Cc2ccc(C(F)(F)F)cc2)C(=O)c2ccc3ccccc3n2)cc1. The molecule has 0 aliphatic carbocycles. The zero-order chi connectivity index (χ0) is 27.4. The number of alkyl halides is 3. The zero-order valence-electron chi connectivity index (χ0n) is 20.5. The van der Waals surface area contributed by atoms with Crippen molar-refractivity contribution in [3.8, 4) is 6.07 Å². The Kier molecular flexibility index (Phi) is 7.06. The lowest BCUT2D eigenvalue weighted by atomic mass is 10.1. The third kappa shape index (κ3) is 5.93. The Morgan fingerprint density at radius 1 is 0.897 bits per heavy atom. The van der Waals surface area contributed by atoms with Gasteiger partial charge in [-0.3, -0.25) is 4.79 Å². The fraction of sp³-hybridized carbons (Fsp3) is 0.138. The van der Waals surface area contributed by atoms with Crippen LogP contribution in [-0.4, -0.2) is 30.6 Å². The summed E-state index contributed by atoms with van der Waals surface area (Å²) < 4.78 is 41.0. The van der Waals surface area contributed by atoms with Crippen LogP contribution in [0.5, 0.6) is 0 Å². The van der Waals surface area contributed by atoms with E-state index in [0.717, 1.165) is 23.1 Å². The molecule has 2 heterocycles. The molecule has 39 heavy (non-hydrogen) atoms. The van der Waals surface area contributed by atoms with Crippen LogP contribution >= 0.6 is 0 Å². The van der Waals surface area contributed by atoms with Gasteiger partial charge in [0.2, 0.25) is 0 Å². The van der Waals surface area contributed by atoms with E-state index in [-0.39, 0.29) is 18.8 Å². The van der Waals surface area contributed by atoms with Crippen LogP contribution in [0.2, 0.25) is 0 Å². The number of rotatable bonds is 7. The third-order valence-corrected chi connectivity index (χ3v) is 6.22. The first-order chi connectivity index (χ1) is 18.8. The average Bonchev–Trinajstić information content (AvgIpc) is 3.38. The monoisotopic (exact) mass is 526 g/mol. The van der Waals surface area contributed by atoms with E-state index in [1.807, 2.05) is 30.3 Å². The number of para-hydroxylation sites is 1. The van der Waals surface area contributed by atoms with Crippen LogP contribution in [0.3, 0.4) is 0 Å². The summed E-state index contributed by atoms with van der Waals surface area (Å²) in [5.41, 5.74) is 2.07. The van der Waals surface area contributed by atoms with Gasteiger partial charge in [0.05, 0.1) is 35.8 Å². The van der Waals surface area contributed by atoms with E-state index in [2.05, 4.69) is 21.3 Å². The van der Waals surface area contributed by atoms with Gasteiger partial charge in [0, 0.05) is 11.9 Å². The molecule has 194 valence electrons. The Labute approximate surface area is 221 Å². The van der Waals surface area contributed by atoms with E-state index in [1.54, 1.807) is 41.2 Å². The highest BCUT2D eigenvalue weighted by Gasteiger charge is 2.30. The van der Waals surface area contributed by atoms with Gasteiger partial charge in [-0.05, 0) is 47.5 Å². The number of carbonyl (C=O) groups is 1. The smallest absolute Gasteiger partial charge is 0.325 e. The molecular weight excluding hydrogens is 505 g/mol. The predicted molar refractivity (Wildman–Crippen MR) is 137 cm³/mol. The van der Waals surface area contributed by atoms with Gasteiger partial charge in [0.15, 0.2) is 5.82 Å². The Bertz CT molecular complexity index is 1650. The Morgan fingerprint density at radius 3 is 2.33 bits per heavy atom. The summed E-state index contributed by atoms with van der Waals surface area (Å²) in [5.74, 6) is 0.0917. The van der Waals surface area contributed by atoms with Gasteiger partial charge >= 0.3 is 6.18 Å². The summed E-state index contributed by atoms with van der Waals surface area (Å²) >= 11 is 0. The van der Waals surface area contributed by atoms with Crippen molar-refractivity contribution in [2.24, 2.45) is 0 Å². The molecule has 0 saturated heterocycles. The van der Waals surface area contributed by atoms with Gasteiger partial charge in [-0.1, -0.05) is 48.5 Å². The summed E-state index contributed by atoms with van der Waals surface area (Å²) in [4.78, 5) is 19.7. The maximum absolute atomic E-state index is 13.7. The van der Waals surface area contributed by atoms with E-state index in [4.69, 9.17) is 5.26 Å². The molecule has 0 radical (unpaired) electrons. The summed E-state index contributed by atoms with van der Waals surface area (Å²) in [7, 11) is 0. The van der Waals surface area contributed by atoms with Crippen molar-refractivity contribution in [2.75, 3.05) is 0 Å². The maximum Gasteiger partial charge on any atom is 0.416 e. The zero-order valence-corrected chi connectivity index (χ0v) is 20.5. The molecular formula is C29H21F3N6O. The second-order valence-electron chi connectivity index (χ2n) is 8.93. The van der Waals surface area contributed by atoms with E-state index in [1.165, 1.54) is 17.0 Å². The number of aromatic nitrogens is 4. The van der Waals surface area contributed by atoms with Crippen LogP contribution in [-0.2, 0) is 25.8 Å². The van der Waals surface area contributed by atoms with Crippen molar-refractivity contribution < 1.29 is 18.0 Å². The molecule has 0 spiro atoms. The topological polar surface area (TPSA) is 87.7 Å². The number of fused-ring (bicyclic) bond motifs is 1. The number of benzene rings is 3. The van der Waals surface area contributed by atoms with Gasteiger partial charge in [-0.25, -0.2) is 4.98 Å². The summed E-state index contributed by atoms with van der Waals surface area (Å²) in [6, 6.07) is 24.7. The molecule has 1 amide bonds. The number of pyridine rings is 1. The van der Waals surface area contributed by atoms with Gasteiger partial charge in [-0.15, -0.1) is 10.2 Å². The van der Waals surface area contributed by atoms with Crippen LogP contribution in [0.15, 0.2) is 91.3 Å². The van der Waals surface area contributed by atoms with Crippen LogP contribution < -0.4 is 0 Å². The molecule has 0 aliphatic rings. The highest BCUT2D eigenvalue weighted by molar-refractivity contribution is 5.94. The fourth-order valence-electron chi connectivity index (χ4n) is 4.15. The highest BCUT2D eigenvalue weighted by atomic mass is 19.4. The quantitative estimate of drug-likeness (QED) is 0.275. The number of amides is 1. The molecule has 10 heteroatoms. The first-order valence-electron chi connectivity index (χ1n) is 12.0. The molecule has 0 unspecified atom stereocenters. The van der Waals surface area contributed by atoms with Crippen molar-refractivity contribution in [1.82, 2.24) is 24.6 Å². The molecule has 3 aromatic carbocycles. The fourth-order valence-corrected chi connectivity index (χ4v) is 4.15. The van der Waals surface area contributed by atoms with E-state index in [9.17, 15) is 18.0 Å². The minimum atomic E-state index is -4.45. The summed E-state index contributed by atoms with van der Waals surface area (Å²) in [5, 5.41) is 18.1. The molecule has 5 aromatic rings. The second kappa shape index (κ2) is 10.8. The lowest BCUT2D eigenvalue weighted by Crippen LogP contribution is -2.32. The van der Waals surface area contributed by atoms with Crippen molar-refractivity contribution in [3.63, 3.8) is 0 Å². The molecule has 0 fully saturated rings. The molecule has 0 aliphatic heterocycles. The molecule has 0 atom stereocenters. The molecule has 5 rings (SSSR count). The number of hydrogen-bond donors (Lipinski definition) is 0. The standard InChI is InChI=1S/C29H21F3N6O/c30-29(31,32)24-12-9-22(10-13-24)16-37(28(39)26-14-11-23-3-1-2-4-25(23)35-26)18-27-36-34-19-38(27)17-21-7-5-20(15-33)6-8-21/h1-14,19H,16-18H2. The molecule has 2 aromatic heterocycles. The predicted octanol–water partition coefficient (Wildman–Crippen LogP) is 5.61. The summed E-state index contributed by atoms with van der Waals surface area (Å²) in [6.07, 6.45) is -2.91. The number of nitrogens with zero attached hydrogens (tertiary/aromatic N) is 6. The largest absolute Gasteiger partial charge is 0.416 e. The van der Waals surface area contributed by atoms with Crippen LogP contribution in [0, 0.1) is 11.3 Å². The van der Waals surface area contributed by atoms with Gasteiger partial charge in [0.1, 0.15) is 12.0 Å². The van der Waals surface area contributed by atoms with Crippen molar-refractivity contribution >= 4 is 16.8 Å². The second-order valence-corrected chi connectivity index (χ2v) is 8.93. The van der Waals surface area contributed by atoms with Crippen molar-refractivity contribution in [2.45, 2.75) is 25.8 Å². The molecule has 0 saturated carbocycles. The molecule has 0 bridgehead atoms. The van der Waals surface area contributed by atoms with E-state index in [0.29, 0.717) is 29.0 Å². The third-order valence-electron chi connectivity index (χ3n) is 6.22. The number of halogens is 3. The average molecular weight is 527 g/mol.